The first-order chi connectivity index (χ1) is 9.81. The van der Waals surface area contributed by atoms with Crippen molar-refractivity contribution in [2.75, 3.05) is 6.54 Å². The third-order valence-corrected chi connectivity index (χ3v) is 6.10. The maximum absolute atomic E-state index is 12.6. The van der Waals surface area contributed by atoms with Crippen LogP contribution in [0.25, 0.3) is 0 Å². The number of hydrogen-bond acceptors (Lipinski definition) is 3. The molecule has 0 radical (unpaired) electrons. The molecule has 2 atom stereocenters. The molecule has 0 saturated carbocycles. The number of nitrogens with zero attached hydrogens (tertiary/aromatic N) is 1. The molecule has 1 fully saturated rings. The lowest BCUT2D eigenvalue weighted by atomic mass is 9.96. The summed E-state index contributed by atoms with van der Waals surface area (Å²) in [6.07, 6.45) is 1.06. The number of hydrogen-bond donors (Lipinski definition) is 1. The molecule has 0 amide bonds. The summed E-state index contributed by atoms with van der Waals surface area (Å²) < 4.78 is 26.4. The summed E-state index contributed by atoms with van der Waals surface area (Å²) in [6, 6.07) is 6.60. The molecule has 1 aliphatic rings. The summed E-state index contributed by atoms with van der Waals surface area (Å²) in [7, 11) is -3.59. The van der Waals surface area contributed by atoms with Crippen molar-refractivity contribution in [1.82, 2.24) is 4.31 Å². The number of piperidine rings is 1. The molecule has 21 heavy (non-hydrogen) atoms. The van der Waals surface area contributed by atoms with Gasteiger partial charge in [0.1, 0.15) is 0 Å². The molecule has 7 heteroatoms. The zero-order valence-corrected chi connectivity index (χ0v) is 13.3. The number of carboxylic acids is 1. The zero-order chi connectivity index (χ0) is 15.6. The molecule has 0 spiro atoms. The lowest BCUT2D eigenvalue weighted by molar-refractivity contribution is -0.143. The predicted molar refractivity (Wildman–Crippen MR) is 80.6 cm³/mol. The van der Waals surface area contributed by atoms with Crippen LogP contribution < -0.4 is 0 Å². The van der Waals surface area contributed by atoms with Gasteiger partial charge >= 0.3 is 5.97 Å². The molecule has 1 aliphatic heterocycles. The average molecular weight is 332 g/mol. The molecule has 2 rings (SSSR count). The van der Waals surface area contributed by atoms with Crippen LogP contribution in [0.1, 0.15) is 25.3 Å². The van der Waals surface area contributed by atoms with Crippen LogP contribution in [0.4, 0.5) is 0 Å². The monoisotopic (exact) mass is 331 g/mol. The molecule has 1 aromatic rings. The summed E-state index contributed by atoms with van der Waals surface area (Å²) in [6.45, 7) is 1.84. The molecule has 1 heterocycles. The first kappa shape index (κ1) is 16.3. The Morgan fingerprint density at radius 3 is 2.67 bits per heavy atom. The van der Waals surface area contributed by atoms with Gasteiger partial charge in [-0.3, -0.25) is 4.79 Å². The summed E-state index contributed by atoms with van der Waals surface area (Å²) in [5, 5.41) is 9.50. The van der Waals surface area contributed by atoms with Crippen LogP contribution in [-0.4, -0.2) is 36.4 Å². The van der Waals surface area contributed by atoms with Crippen LogP contribution in [0, 0.1) is 5.92 Å². The Kier molecular flexibility index (Phi) is 4.91. The maximum atomic E-state index is 12.6. The molecule has 5 nitrogen and oxygen atoms in total. The molecule has 1 saturated heterocycles. The van der Waals surface area contributed by atoms with Crippen molar-refractivity contribution in [2.24, 2.45) is 5.92 Å². The smallest absolute Gasteiger partial charge is 0.307 e. The topological polar surface area (TPSA) is 74.7 Å². The van der Waals surface area contributed by atoms with Gasteiger partial charge in [0.05, 0.1) is 11.7 Å². The molecule has 1 N–H and O–H groups in total. The largest absolute Gasteiger partial charge is 0.481 e. The molecule has 0 bridgehead atoms. The molecule has 116 valence electrons. The van der Waals surface area contributed by atoms with Gasteiger partial charge in [-0.05, 0) is 31.4 Å². The van der Waals surface area contributed by atoms with E-state index in [4.69, 9.17) is 16.7 Å². The summed E-state index contributed by atoms with van der Waals surface area (Å²) in [5.41, 5.74) is 0.531. The summed E-state index contributed by atoms with van der Waals surface area (Å²) >= 11 is 6.01. The molecule has 0 aromatic heterocycles. The predicted octanol–water partition coefficient (Wildman–Crippen LogP) is 2.35. The zero-order valence-electron chi connectivity index (χ0n) is 11.7. The highest BCUT2D eigenvalue weighted by Gasteiger charge is 2.36. The fourth-order valence-corrected chi connectivity index (χ4v) is 4.71. The number of carboxylic acid groups (broad SMARTS) is 1. The molecular weight excluding hydrogens is 314 g/mol. The highest BCUT2D eigenvalue weighted by Crippen LogP contribution is 2.27. The van der Waals surface area contributed by atoms with Gasteiger partial charge in [-0.1, -0.05) is 29.8 Å². The van der Waals surface area contributed by atoms with Crippen molar-refractivity contribution in [3.63, 3.8) is 0 Å². The third-order valence-electron chi connectivity index (χ3n) is 3.83. The molecule has 0 aliphatic carbocycles. The number of rotatable bonds is 4. The Morgan fingerprint density at radius 1 is 1.38 bits per heavy atom. The highest BCUT2D eigenvalue weighted by atomic mass is 35.5. The van der Waals surface area contributed by atoms with E-state index in [0.29, 0.717) is 23.4 Å². The summed E-state index contributed by atoms with van der Waals surface area (Å²) in [5.74, 6) is -1.79. The minimum absolute atomic E-state index is 0.0310. The van der Waals surface area contributed by atoms with Crippen LogP contribution in [-0.2, 0) is 20.6 Å². The fraction of sp³-hybridized carbons (Fsp3) is 0.500. The first-order valence-electron chi connectivity index (χ1n) is 6.77. The van der Waals surface area contributed by atoms with E-state index in [2.05, 4.69) is 0 Å². The van der Waals surface area contributed by atoms with Gasteiger partial charge in [0, 0.05) is 17.6 Å². The van der Waals surface area contributed by atoms with Gasteiger partial charge in [0.15, 0.2) is 0 Å². The number of benzene rings is 1. The van der Waals surface area contributed by atoms with Gasteiger partial charge in [-0.2, -0.15) is 4.31 Å². The van der Waals surface area contributed by atoms with Crippen molar-refractivity contribution >= 4 is 27.6 Å². The summed E-state index contributed by atoms with van der Waals surface area (Å²) in [4.78, 5) is 11.1. The Labute approximate surface area is 129 Å². The van der Waals surface area contributed by atoms with E-state index < -0.39 is 21.9 Å². The lowest BCUT2D eigenvalue weighted by Crippen LogP contribution is -2.47. The van der Waals surface area contributed by atoms with Crippen LogP contribution in [0.15, 0.2) is 24.3 Å². The van der Waals surface area contributed by atoms with Gasteiger partial charge in [-0.15, -0.1) is 0 Å². The lowest BCUT2D eigenvalue weighted by Gasteiger charge is -2.35. The fourth-order valence-electron chi connectivity index (χ4n) is 2.56. The second kappa shape index (κ2) is 6.34. The standard InChI is InChI=1S/C14H18ClNO4S/c1-10-6-7-11(14(17)18)8-16(10)21(19,20)9-12-4-2-3-5-13(12)15/h2-5,10-11H,6-9H2,1H3,(H,17,18). The SMILES string of the molecule is CC1CCC(C(=O)O)CN1S(=O)(=O)Cc1ccccc1Cl. The highest BCUT2D eigenvalue weighted by molar-refractivity contribution is 7.88. The van der Waals surface area contributed by atoms with Crippen LogP contribution >= 0.6 is 11.6 Å². The van der Waals surface area contributed by atoms with E-state index in [-0.39, 0.29) is 18.3 Å². The van der Waals surface area contributed by atoms with E-state index in [1.165, 1.54) is 4.31 Å². The molecule has 1 aromatic carbocycles. The maximum Gasteiger partial charge on any atom is 0.307 e. The van der Waals surface area contributed by atoms with Gasteiger partial charge in [-0.25, -0.2) is 8.42 Å². The molecular formula is C14H18ClNO4S. The van der Waals surface area contributed by atoms with Crippen molar-refractivity contribution in [2.45, 2.75) is 31.6 Å². The van der Waals surface area contributed by atoms with E-state index in [0.717, 1.165) is 0 Å². The molecule has 2 unspecified atom stereocenters. The Bertz CT molecular complexity index is 632. The van der Waals surface area contributed by atoms with E-state index in [1.807, 2.05) is 6.92 Å². The second-order valence-corrected chi connectivity index (χ2v) is 7.71. The van der Waals surface area contributed by atoms with E-state index >= 15 is 0 Å². The van der Waals surface area contributed by atoms with Crippen LogP contribution in [0.2, 0.25) is 5.02 Å². The van der Waals surface area contributed by atoms with Crippen LogP contribution in [0.3, 0.4) is 0 Å². The van der Waals surface area contributed by atoms with E-state index in [9.17, 15) is 13.2 Å². The number of carbonyl (C=O) groups is 1. The van der Waals surface area contributed by atoms with Crippen molar-refractivity contribution in [3.8, 4) is 0 Å². The third kappa shape index (κ3) is 3.75. The van der Waals surface area contributed by atoms with Gasteiger partial charge < -0.3 is 5.11 Å². The Balaban J connectivity index is 2.21. The van der Waals surface area contributed by atoms with Crippen molar-refractivity contribution < 1.29 is 18.3 Å². The van der Waals surface area contributed by atoms with E-state index in [1.54, 1.807) is 24.3 Å². The quantitative estimate of drug-likeness (QED) is 0.919. The van der Waals surface area contributed by atoms with Crippen molar-refractivity contribution in [1.29, 1.82) is 0 Å². The second-order valence-electron chi connectivity index (χ2n) is 5.38. The van der Waals surface area contributed by atoms with Crippen molar-refractivity contribution in [3.05, 3.63) is 34.9 Å². The van der Waals surface area contributed by atoms with Gasteiger partial charge in [0.2, 0.25) is 10.0 Å². The normalized spacial score (nSPS) is 23.9. The Morgan fingerprint density at radius 2 is 2.05 bits per heavy atom. The minimum Gasteiger partial charge on any atom is -0.481 e. The minimum atomic E-state index is -3.59. The number of halogens is 1. The Hall–Kier alpha value is -1.11. The number of sulfonamides is 1. The number of aliphatic carboxylic acids is 1. The first-order valence-corrected chi connectivity index (χ1v) is 8.75. The van der Waals surface area contributed by atoms with Crippen LogP contribution in [0.5, 0.6) is 0 Å². The van der Waals surface area contributed by atoms with Gasteiger partial charge in [0.25, 0.3) is 0 Å². The average Bonchev–Trinajstić information content (AvgIpc) is 2.41.